The predicted molar refractivity (Wildman–Crippen MR) is 98.6 cm³/mol. The monoisotopic (exact) mass is 376 g/mol. The average Bonchev–Trinajstić information content (AvgIpc) is 3.33. The van der Waals surface area contributed by atoms with Crippen LogP contribution in [-0.2, 0) is 23.8 Å². The lowest BCUT2D eigenvalue weighted by Gasteiger charge is -2.42. The second-order valence-corrected chi connectivity index (χ2v) is 8.02. The summed E-state index contributed by atoms with van der Waals surface area (Å²) in [7, 11) is 0. The van der Waals surface area contributed by atoms with Crippen LogP contribution in [0.2, 0.25) is 0 Å². The smallest absolute Gasteiger partial charge is 0.311 e. The number of epoxide rings is 1. The number of esters is 1. The van der Waals surface area contributed by atoms with Gasteiger partial charge in [0.25, 0.3) is 0 Å². The van der Waals surface area contributed by atoms with Gasteiger partial charge < -0.3 is 19.3 Å². The number of ketones is 1. The zero-order valence-electron chi connectivity index (χ0n) is 16.1. The minimum atomic E-state index is -1.70. The molecule has 1 N–H and O–H groups in total. The van der Waals surface area contributed by atoms with E-state index in [0.29, 0.717) is 6.42 Å². The van der Waals surface area contributed by atoms with Gasteiger partial charge in [-0.05, 0) is 25.5 Å². The number of hydrogen-bond acceptors (Lipinski definition) is 6. The van der Waals surface area contributed by atoms with Crippen LogP contribution >= 0.6 is 0 Å². The Morgan fingerprint density at radius 2 is 2.04 bits per heavy atom. The fourth-order valence-electron chi connectivity index (χ4n) is 3.64. The number of ether oxygens (including phenoxy) is 3. The summed E-state index contributed by atoms with van der Waals surface area (Å²) in [4.78, 5) is 24.8. The van der Waals surface area contributed by atoms with Crippen LogP contribution in [0.1, 0.15) is 40.0 Å². The Hall–Kier alpha value is -1.76. The van der Waals surface area contributed by atoms with E-state index in [2.05, 4.69) is 13.2 Å². The third-order valence-corrected chi connectivity index (χ3v) is 5.91. The average molecular weight is 376 g/mol. The van der Waals surface area contributed by atoms with Crippen molar-refractivity contribution in [2.75, 3.05) is 0 Å². The van der Waals surface area contributed by atoms with Crippen molar-refractivity contribution in [1.29, 1.82) is 0 Å². The third kappa shape index (κ3) is 4.23. The van der Waals surface area contributed by atoms with Crippen LogP contribution in [0, 0.1) is 11.8 Å². The molecule has 0 aromatic heterocycles. The summed E-state index contributed by atoms with van der Waals surface area (Å²) in [5.74, 6) is -2.99. The van der Waals surface area contributed by atoms with E-state index < -0.39 is 29.9 Å². The van der Waals surface area contributed by atoms with Gasteiger partial charge >= 0.3 is 5.97 Å². The zero-order chi connectivity index (χ0) is 19.9. The van der Waals surface area contributed by atoms with Gasteiger partial charge in [0, 0.05) is 18.3 Å². The fraction of sp³-hybridized carbons (Fsp3) is 0.619. The highest BCUT2D eigenvalue weighted by molar-refractivity contribution is 5.90. The molecule has 3 heterocycles. The Labute approximate surface area is 159 Å². The first-order valence-corrected chi connectivity index (χ1v) is 9.40. The van der Waals surface area contributed by atoms with Crippen molar-refractivity contribution in [2.24, 2.45) is 11.8 Å². The van der Waals surface area contributed by atoms with Gasteiger partial charge in [0.05, 0.1) is 12.2 Å². The third-order valence-electron chi connectivity index (χ3n) is 5.91. The van der Waals surface area contributed by atoms with Crippen LogP contribution < -0.4 is 0 Å². The topological polar surface area (TPSA) is 85.4 Å². The number of hydrogen-bond donors (Lipinski definition) is 1. The molecule has 7 atom stereocenters. The molecule has 3 rings (SSSR count). The van der Waals surface area contributed by atoms with E-state index in [1.165, 1.54) is 6.08 Å². The molecular formula is C21H28O6. The minimum Gasteiger partial charge on any atom is -0.457 e. The highest BCUT2D eigenvalue weighted by Gasteiger charge is 2.54. The van der Waals surface area contributed by atoms with Gasteiger partial charge in [-0.1, -0.05) is 38.2 Å². The SMILES string of the molecule is C=C(C)C(C)C1C=CC(=O)CC2OC2C2CC(=C)C(C)C(O)(CC(=O)O1)O2. The van der Waals surface area contributed by atoms with Crippen LogP contribution in [0.4, 0.5) is 0 Å². The van der Waals surface area contributed by atoms with Crippen LogP contribution in [0.3, 0.4) is 0 Å². The number of fused-ring (bicyclic) bond motifs is 4. The Kier molecular flexibility index (Phi) is 5.43. The van der Waals surface area contributed by atoms with E-state index in [4.69, 9.17) is 14.2 Å². The summed E-state index contributed by atoms with van der Waals surface area (Å²) in [5.41, 5.74) is 1.62. The van der Waals surface area contributed by atoms with Crippen LogP contribution in [0.5, 0.6) is 0 Å². The van der Waals surface area contributed by atoms with E-state index in [-0.39, 0.29) is 36.8 Å². The van der Waals surface area contributed by atoms with Crippen molar-refractivity contribution >= 4 is 11.8 Å². The largest absolute Gasteiger partial charge is 0.457 e. The van der Waals surface area contributed by atoms with E-state index in [1.54, 1.807) is 13.0 Å². The van der Waals surface area contributed by atoms with Crippen molar-refractivity contribution in [3.05, 3.63) is 36.5 Å². The Morgan fingerprint density at radius 1 is 1.33 bits per heavy atom. The van der Waals surface area contributed by atoms with Crippen molar-refractivity contribution in [3.63, 3.8) is 0 Å². The first-order chi connectivity index (χ1) is 12.6. The molecule has 2 fully saturated rings. The van der Waals surface area contributed by atoms with Crippen LogP contribution in [-0.4, -0.2) is 47.1 Å². The number of rotatable bonds is 2. The molecule has 148 valence electrons. The standard InChI is InChI=1S/C21H28O6/c1-11(2)13(4)16-7-6-15(22)9-17-20(26-17)18-8-12(3)14(5)21(24,27-18)10-19(23)25-16/h6-7,13-14,16-18,20,24H,1,3,8-10H2,2,4-5H3. The molecule has 0 aromatic rings. The molecule has 7 unspecified atom stereocenters. The normalized spacial score (nSPS) is 40.7. The zero-order valence-corrected chi connectivity index (χ0v) is 16.1. The van der Waals surface area contributed by atoms with E-state index in [0.717, 1.165) is 11.1 Å². The maximum Gasteiger partial charge on any atom is 0.311 e. The summed E-state index contributed by atoms with van der Waals surface area (Å²) in [6.45, 7) is 13.4. The van der Waals surface area contributed by atoms with Crippen molar-refractivity contribution in [1.82, 2.24) is 0 Å². The quantitative estimate of drug-likeness (QED) is 0.453. The van der Waals surface area contributed by atoms with Gasteiger partial charge in [0.1, 0.15) is 18.6 Å². The molecule has 2 bridgehead atoms. The molecule has 0 spiro atoms. The Balaban J connectivity index is 1.89. The lowest BCUT2D eigenvalue weighted by atomic mass is 9.83. The van der Waals surface area contributed by atoms with E-state index in [1.807, 2.05) is 13.8 Å². The summed E-state index contributed by atoms with van der Waals surface area (Å²) >= 11 is 0. The van der Waals surface area contributed by atoms with Gasteiger partial charge in [-0.3, -0.25) is 9.59 Å². The number of cyclic esters (lactones) is 1. The lowest BCUT2D eigenvalue weighted by molar-refractivity contribution is -0.271. The molecule has 0 saturated carbocycles. The second-order valence-electron chi connectivity index (χ2n) is 8.02. The maximum absolute atomic E-state index is 12.6. The molecule has 3 aliphatic heterocycles. The molecular weight excluding hydrogens is 348 g/mol. The van der Waals surface area contributed by atoms with Gasteiger partial charge in [-0.2, -0.15) is 0 Å². The van der Waals surface area contributed by atoms with Crippen molar-refractivity contribution in [3.8, 4) is 0 Å². The molecule has 6 heteroatoms. The highest BCUT2D eigenvalue weighted by Crippen LogP contribution is 2.44. The van der Waals surface area contributed by atoms with Gasteiger partial charge in [0.2, 0.25) is 0 Å². The first-order valence-electron chi connectivity index (χ1n) is 9.40. The first kappa shape index (κ1) is 20.0. The molecule has 27 heavy (non-hydrogen) atoms. The number of carbonyl (C=O) groups excluding carboxylic acids is 2. The molecule has 3 aliphatic rings. The highest BCUT2D eigenvalue weighted by atomic mass is 16.7. The molecule has 2 saturated heterocycles. The lowest BCUT2D eigenvalue weighted by Crippen LogP contribution is -2.51. The van der Waals surface area contributed by atoms with Gasteiger partial charge in [-0.25, -0.2) is 0 Å². The molecule has 0 amide bonds. The summed E-state index contributed by atoms with van der Waals surface area (Å²) < 4.78 is 17.1. The predicted octanol–water partition coefficient (Wildman–Crippen LogP) is 2.47. The number of allylic oxidation sites excluding steroid dienone is 1. The summed E-state index contributed by atoms with van der Waals surface area (Å²) in [6.07, 6.45) is 1.87. The van der Waals surface area contributed by atoms with E-state index >= 15 is 0 Å². The molecule has 6 nitrogen and oxygen atoms in total. The maximum atomic E-state index is 12.6. The van der Waals surface area contributed by atoms with Gasteiger partial charge in [0.15, 0.2) is 11.6 Å². The van der Waals surface area contributed by atoms with Crippen molar-refractivity contribution in [2.45, 2.75) is 70.2 Å². The summed E-state index contributed by atoms with van der Waals surface area (Å²) in [5, 5.41) is 11.0. The van der Waals surface area contributed by atoms with Crippen molar-refractivity contribution < 1.29 is 28.9 Å². The fourth-order valence-corrected chi connectivity index (χ4v) is 3.64. The Bertz CT molecular complexity index is 695. The van der Waals surface area contributed by atoms with E-state index in [9.17, 15) is 14.7 Å². The molecule has 0 aliphatic carbocycles. The molecule has 0 radical (unpaired) electrons. The molecule has 0 aromatic carbocycles. The van der Waals surface area contributed by atoms with Gasteiger partial charge in [-0.15, -0.1) is 0 Å². The number of carbonyl (C=O) groups is 2. The Morgan fingerprint density at radius 3 is 2.70 bits per heavy atom. The second kappa shape index (κ2) is 7.34. The number of aliphatic hydroxyl groups is 1. The summed E-state index contributed by atoms with van der Waals surface area (Å²) in [6, 6.07) is 0. The van der Waals surface area contributed by atoms with Crippen LogP contribution in [0.15, 0.2) is 36.5 Å². The van der Waals surface area contributed by atoms with Crippen LogP contribution in [0.25, 0.3) is 0 Å². The minimum absolute atomic E-state index is 0.102.